The summed E-state index contributed by atoms with van der Waals surface area (Å²) < 4.78 is 32.9. The van der Waals surface area contributed by atoms with Crippen LogP contribution < -0.4 is 4.72 Å². The Morgan fingerprint density at radius 2 is 1.94 bits per heavy atom. The van der Waals surface area contributed by atoms with Crippen molar-refractivity contribution < 1.29 is 13.2 Å². The van der Waals surface area contributed by atoms with E-state index in [2.05, 4.69) is 21.6 Å². The lowest BCUT2D eigenvalue weighted by atomic mass is 9.83. The second-order valence-electron chi connectivity index (χ2n) is 8.17. The van der Waals surface area contributed by atoms with E-state index in [9.17, 15) is 8.42 Å². The van der Waals surface area contributed by atoms with E-state index in [1.54, 1.807) is 35.7 Å². The Morgan fingerprint density at radius 3 is 2.64 bits per heavy atom. The van der Waals surface area contributed by atoms with Gasteiger partial charge in [0.1, 0.15) is 0 Å². The zero-order chi connectivity index (χ0) is 23.6. The highest BCUT2D eigenvalue weighted by Gasteiger charge is 2.34. The Labute approximate surface area is 207 Å². The molecule has 2 aromatic heterocycles. The summed E-state index contributed by atoms with van der Waals surface area (Å²) in [6, 6.07) is 7.02. The molecule has 4 rings (SSSR count). The molecule has 33 heavy (non-hydrogen) atoms. The Hall–Kier alpha value is -1.78. The highest BCUT2D eigenvalue weighted by atomic mass is 35.5. The molecule has 0 amide bonds. The minimum absolute atomic E-state index is 0.0134. The number of halogens is 2. The van der Waals surface area contributed by atoms with E-state index in [0.717, 1.165) is 22.7 Å². The van der Waals surface area contributed by atoms with E-state index in [4.69, 9.17) is 32.9 Å². The maximum Gasteiger partial charge on any atom is 0.232 e. The van der Waals surface area contributed by atoms with Gasteiger partial charge in [0.25, 0.3) is 0 Å². The second-order valence-corrected chi connectivity index (χ2v) is 11.7. The maximum atomic E-state index is 12.4. The first-order valence-electron chi connectivity index (χ1n) is 10.6. The van der Waals surface area contributed by atoms with Crippen molar-refractivity contribution in [3.05, 3.63) is 45.8 Å². The van der Waals surface area contributed by atoms with Crippen molar-refractivity contribution in [2.75, 3.05) is 23.7 Å². The van der Waals surface area contributed by atoms with E-state index in [1.165, 1.54) is 0 Å². The monoisotopic (exact) mass is 526 g/mol. The lowest BCUT2D eigenvalue weighted by molar-refractivity contribution is 0.0564. The minimum Gasteiger partial charge on any atom is -0.381 e. The second kappa shape index (κ2) is 9.84. The topological polar surface area (TPSA) is 94.1 Å². The van der Waals surface area contributed by atoms with Gasteiger partial charge in [-0.15, -0.1) is 11.3 Å². The third-order valence-corrected chi connectivity index (χ3v) is 9.04. The third kappa shape index (κ3) is 5.33. The highest BCUT2D eigenvalue weighted by molar-refractivity contribution is 7.92. The van der Waals surface area contributed by atoms with Crippen molar-refractivity contribution in [3.8, 4) is 21.8 Å². The molecule has 1 aromatic carbocycles. The lowest BCUT2D eigenvalue weighted by Gasteiger charge is -2.31. The molecule has 0 radical (unpaired) electrons. The maximum absolute atomic E-state index is 12.4. The molecule has 11 heteroatoms. The van der Waals surface area contributed by atoms with Gasteiger partial charge in [0, 0.05) is 30.4 Å². The molecule has 1 aliphatic heterocycles. The quantitative estimate of drug-likeness (QED) is 0.391. The summed E-state index contributed by atoms with van der Waals surface area (Å²) in [7, 11) is -3.50. The molecule has 176 valence electrons. The predicted octanol–water partition coefficient (Wildman–Crippen LogP) is 5.79. The smallest absolute Gasteiger partial charge is 0.232 e. The number of hydrogen-bond donors (Lipinski definition) is 1. The molecule has 0 saturated carbocycles. The zero-order valence-electron chi connectivity index (χ0n) is 18.3. The van der Waals surface area contributed by atoms with Gasteiger partial charge in [-0.3, -0.25) is 4.72 Å². The van der Waals surface area contributed by atoms with Crippen LogP contribution in [0.15, 0.2) is 30.5 Å². The van der Waals surface area contributed by atoms with Crippen LogP contribution in [0.25, 0.3) is 21.8 Å². The molecule has 3 aromatic rings. The van der Waals surface area contributed by atoms with Gasteiger partial charge < -0.3 is 4.74 Å². The van der Waals surface area contributed by atoms with Gasteiger partial charge in [-0.25, -0.2) is 23.4 Å². The normalized spacial score (nSPS) is 16.0. The van der Waals surface area contributed by atoms with Crippen molar-refractivity contribution in [1.82, 2.24) is 15.0 Å². The molecule has 0 spiro atoms. The molecule has 0 atom stereocenters. The van der Waals surface area contributed by atoms with Crippen molar-refractivity contribution in [2.24, 2.45) is 0 Å². The number of sulfonamides is 1. The summed E-state index contributed by atoms with van der Waals surface area (Å²) in [4.78, 5) is 14.2. The zero-order valence-corrected chi connectivity index (χ0v) is 21.4. The van der Waals surface area contributed by atoms with Crippen molar-refractivity contribution in [1.29, 1.82) is 0 Å². The number of ether oxygens (including phenoxy) is 1. The number of rotatable bonds is 7. The van der Waals surface area contributed by atoms with Crippen LogP contribution in [-0.4, -0.2) is 42.3 Å². The van der Waals surface area contributed by atoms with Crippen molar-refractivity contribution in [2.45, 2.75) is 38.5 Å². The van der Waals surface area contributed by atoms with Gasteiger partial charge in [0.15, 0.2) is 0 Å². The molecule has 0 unspecified atom stereocenters. The average molecular weight is 527 g/mol. The van der Waals surface area contributed by atoms with Crippen molar-refractivity contribution >= 4 is 50.2 Å². The molecule has 0 aliphatic carbocycles. The third-order valence-electron chi connectivity index (χ3n) is 5.59. The Balaban J connectivity index is 1.85. The van der Waals surface area contributed by atoms with Crippen LogP contribution >= 0.6 is 34.5 Å². The molecule has 7 nitrogen and oxygen atoms in total. The molecule has 1 fully saturated rings. The number of hydrogen-bond acceptors (Lipinski definition) is 7. The van der Waals surface area contributed by atoms with Crippen LogP contribution in [0.2, 0.25) is 10.3 Å². The van der Waals surface area contributed by atoms with Crippen LogP contribution in [0.3, 0.4) is 0 Å². The predicted molar refractivity (Wildman–Crippen MR) is 134 cm³/mol. The molecule has 1 saturated heterocycles. The first-order chi connectivity index (χ1) is 15.7. The summed E-state index contributed by atoms with van der Waals surface area (Å²) >= 11 is 14.4. The van der Waals surface area contributed by atoms with Gasteiger partial charge in [-0.2, -0.15) is 0 Å². The van der Waals surface area contributed by atoms with Gasteiger partial charge in [-0.05, 0) is 43.0 Å². The van der Waals surface area contributed by atoms with E-state index in [-0.39, 0.29) is 21.5 Å². The minimum atomic E-state index is -3.50. The molecule has 1 aliphatic rings. The van der Waals surface area contributed by atoms with E-state index >= 15 is 0 Å². The van der Waals surface area contributed by atoms with Gasteiger partial charge in [0.2, 0.25) is 15.3 Å². The largest absolute Gasteiger partial charge is 0.381 e. The Bertz CT molecular complexity index is 1260. The van der Waals surface area contributed by atoms with Gasteiger partial charge >= 0.3 is 0 Å². The van der Waals surface area contributed by atoms with Crippen LogP contribution in [-0.2, 0) is 20.2 Å². The summed E-state index contributed by atoms with van der Waals surface area (Å²) in [6.07, 6.45) is 3.81. The van der Waals surface area contributed by atoms with E-state index in [0.29, 0.717) is 42.3 Å². The summed E-state index contributed by atoms with van der Waals surface area (Å²) in [6.45, 7) is 5.35. The summed E-state index contributed by atoms with van der Waals surface area (Å²) in [5.41, 5.74) is 2.08. The number of anilines is 1. The molecular weight excluding hydrogens is 503 g/mol. The van der Waals surface area contributed by atoms with Crippen LogP contribution in [0.4, 0.5) is 5.69 Å². The Kier molecular flexibility index (Phi) is 7.26. The number of aromatic nitrogens is 3. The van der Waals surface area contributed by atoms with Crippen molar-refractivity contribution in [3.63, 3.8) is 0 Å². The van der Waals surface area contributed by atoms with Crippen LogP contribution in [0, 0.1) is 0 Å². The number of nitrogens with one attached hydrogen (secondary N) is 1. The fraction of sp³-hybridized carbons (Fsp3) is 0.409. The molecule has 0 bridgehead atoms. The number of benzene rings is 1. The number of thiazole rings is 1. The van der Waals surface area contributed by atoms with E-state index in [1.807, 2.05) is 13.0 Å². The van der Waals surface area contributed by atoms with Crippen LogP contribution in [0.1, 0.15) is 38.1 Å². The summed E-state index contributed by atoms with van der Waals surface area (Å²) in [5.74, 6) is 0.0134. The SMILES string of the molecule is CCCS(=O)(=O)Nc1cccc(-c2nc(C3(C)CCOCC3)sc2-c2ccnc(Cl)n2)c1Cl. The number of nitrogens with zero attached hydrogens (tertiary/aromatic N) is 3. The lowest BCUT2D eigenvalue weighted by Crippen LogP contribution is -2.30. The first kappa shape index (κ1) is 24.3. The Morgan fingerprint density at radius 1 is 1.18 bits per heavy atom. The fourth-order valence-corrected chi connectivity index (χ4v) is 6.57. The highest BCUT2D eigenvalue weighted by Crippen LogP contribution is 2.46. The summed E-state index contributed by atoms with van der Waals surface area (Å²) in [5, 5.41) is 1.38. The molecule has 3 heterocycles. The fourth-order valence-electron chi connectivity index (χ4n) is 3.71. The van der Waals surface area contributed by atoms with Crippen LogP contribution in [0.5, 0.6) is 0 Å². The first-order valence-corrected chi connectivity index (χ1v) is 13.8. The van der Waals surface area contributed by atoms with Gasteiger partial charge in [-0.1, -0.05) is 37.6 Å². The standard InChI is InChI=1S/C22H24Cl2N4O3S2/c1-3-13-33(29,30)28-15-6-4-5-14(17(15)23)18-19(16-7-10-25-21(24)26-16)32-20(27-18)22(2)8-11-31-12-9-22/h4-7,10,28H,3,8-9,11-13H2,1-2H3. The average Bonchev–Trinajstić information content (AvgIpc) is 3.22. The molecule has 1 N–H and O–H groups in total. The molecular formula is C22H24Cl2N4O3S2. The van der Waals surface area contributed by atoms with E-state index < -0.39 is 10.0 Å². The van der Waals surface area contributed by atoms with Gasteiger partial charge in [0.05, 0.1) is 37.7 Å².